The van der Waals surface area contributed by atoms with Crippen LogP contribution in [0.15, 0.2) is 35.3 Å². The standard InChI is InChI=1S/C19H22N4O3/c1-12(18(24)20-10-13-6-5-9-26-13)23-16-8-4-3-7-14(16)15-11-21-22(2)19(25)17(15)23/h3-4,7-8,11-13H,5-6,9-10H2,1-2H3,(H,20,24)/t12-,13+/m1/s1. The number of benzene rings is 1. The maximum atomic E-state index is 12.8. The second kappa shape index (κ2) is 6.57. The maximum Gasteiger partial charge on any atom is 0.291 e. The number of aromatic nitrogens is 3. The average molecular weight is 354 g/mol. The summed E-state index contributed by atoms with van der Waals surface area (Å²) in [7, 11) is 1.62. The minimum Gasteiger partial charge on any atom is -0.376 e. The third-order valence-electron chi connectivity index (χ3n) is 5.10. The highest BCUT2D eigenvalue weighted by Gasteiger charge is 2.24. The molecule has 1 amide bonds. The second-order valence-electron chi connectivity index (χ2n) is 6.78. The van der Waals surface area contributed by atoms with Crippen LogP contribution in [0.25, 0.3) is 21.8 Å². The van der Waals surface area contributed by atoms with E-state index in [1.54, 1.807) is 13.2 Å². The molecule has 1 N–H and O–H groups in total. The summed E-state index contributed by atoms with van der Waals surface area (Å²) >= 11 is 0. The van der Waals surface area contributed by atoms with Gasteiger partial charge in [-0.15, -0.1) is 0 Å². The summed E-state index contributed by atoms with van der Waals surface area (Å²) in [6.45, 7) is 3.07. The predicted octanol–water partition coefficient (Wildman–Crippen LogP) is 1.74. The summed E-state index contributed by atoms with van der Waals surface area (Å²) in [5, 5.41) is 8.79. The Labute approximate surface area is 150 Å². The second-order valence-corrected chi connectivity index (χ2v) is 6.78. The molecule has 1 aromatic carbocycles. The van der Waals surface area contributed by atoms with Crippen LogP contribution in [0, 0.1) is 0 Å². The van der Waals surface area contributed by atoms with Crippen LogP contribution in [0.5, 0.6) is 0 Å². The first-order chi connectivity index (χ1) is 12.6. The Hall–Kier alpha value is -2.67. The lowest BCUT2D eigenvalue weighted by Gasteiger charge is -2.18. The summed E-state index contributed by atoms with van der Waals surface area (Å²) < 4.78 is 8.69. The number of amides is 1. The highest BCUT2D eigenvalue weighted by atomic mass is 16.5. The van der Waals surface area contributed by atoms with Crippen molar-refractivity contribution in [3.05, 3.63) is 40.8 Å². The zero-order valence-electron chi connectivity index (χ0n) is 14.9. The Kier molecular flexibility index (Phi) is 4.24. The van der Waals surface area contributed by atoms with Gasteiger partial charge < -0.3 is 14.6 Å². The third kappa shape index (κ3) is 2.68. The van der Waals surface area contributed by atoms with E-state index in [0.29, 0.717) is 12.1 Å². The van der Waals surface area contributed by atoms with Crippen molar-refractivity contribution in [1.82, 2.24) is 19.7 Å². The van der Waals surface area contributed by atoms with Crippen molar-refractivity contribution in [3.8, 4) is 0 Å². The smallest absolute Gasteiger partial charge is 0.291 e. The molecule has 3 aromatic rings. The molecule has 0 bridgehead atoms. The minimum atomic E-state index is -0.520. The number of para-hydroxylation sites is 1. The monoisotopic (exact) mass is 354 g/mol. The van der Waals surface area contributed by atoms with Gasteiger partial charge in [-0.2, -0.15) is 5.10 Å². The van der Waals surface area contributed by atoms with E-state index in [4.69, 9.17) is 4.74 Å². The quantitative estimate of drug-likeness (QED) is 0.774. The van der Waals surface area contributed by atoms with Crippen molar-refractivity contribution in [1.29, 1.82) is 0 Å². The molecule has 1 aliphatic heterocycles. The summed E-state index contributed by atoms with van der Waals surface area (Å²) in [4.78, 5) is 25.5. The van der Waals surface area contributed by atoms with Gasteiger partial charge in [0.05, 0.1) is 17.8 Å². The molecule has 1 fully saturated rings. The average Bonchev–Trinajstić information content (AvgIpc) is 3.28. The summed E-state index contributed by atoms with van der Waals surface area (Å²) in [5.74, 6) is -0.123. The number of rotatable bonds is 4. The van der Waals surface area contributed by atoms with Gasteiger partial charge in [-0.3, -0.25) is 9.59 Å². The van der Waals surface area contributed by atoms with Gasteiger partial charge in [0.15, 0.2) is 0 Å². The topological polar surface area (TPSA) is 78.2 Å². The molecule has 2 atom stereocenters. The van der Waals surface area contributed by atoms with Gasteiger partial charge in [-0.1, -0.05) is 18.2 Å². The van der Waals surface area contributed by atoms with Gasteiger partial charge in [-0.25, -0.2) is 4.68 Å². The fourth-order valence-electron chi connectivity index (χ4n) is 3.68. The maximum absolute atomic E-state index is 12.8. The van der Waals surface area contributed by atoms with Gasteiger partial charge >= 0.3 is 0 Å². The van der Waals surface area contributed by atoms with Gasteiger partial charge in [-0.05, 0) is 25.8 Å². The molecule has 0 unspecified atom stereocenters. The number of aryl methyl sites for hydroxylation is 1. The van der Waals surface area contributed by atoms with Crippen LogP contribution in [0.3, 0.4) is 0 Å². The van der Waals surface area contributed by atoms with Gasteiger partial charge in [0.1, 0.15) is 11.6 Å². The van der Waals surface area contributed by atoms with Crippen molar-refractivity contribution >= 4 is 27.7 Å². The van der Waals surface area contributed by atoms with Crippen molar-refractivity contribution in [2.75, 3.05) is 13.2 Å². The molecule has 0 spiro atoms. The van der Waals surface area contributed by atoms with E-state index in [1.165, 1.54) is 4.68 Å². The first-order valence-corrected chi connectivity index (χ1v) is 8.92. The number of hydrogen-bond acceptors (Lipinski definition) is 4. The number of fused-ring (bicyclic) bond motifs is 3. The molecule has 136 valence electrons. The number of ether oxygens (including phenoxy) is 1. The molecule has 1 saturated heterocycles. The third-order valence-corrected chi connectivity index (χ3v) is 5.10. The van der Waals surface area contributed by atoms with Crippen molar-refractivity contribution in [2.24, 2.45) is 7.05 Å². The first kappa shape index (κ1) is 16.8. The molecule has 1 aliphatic rings. The lowest BCUT2D eigenvalue weighted by Crippen LogP contribution is -2.36. The molecule has 2 aromatic heterocycles. The molecule has 26 heavy (non-hydrogen) atoms. The van der Waals surface area contributed by atoms with E-state index in [0.717, 1.165) is 35.7 Å². The molecule has 3 heterocycles. The van der Waals surface area contributed by atoms with Gasteiger partial charge in [0.2, 0.25) is 5.91 Å². The molecular weight excluding hydrogens is 332 g/mol. The number of nitrogens with zero attached hydrogens (tertiary/aromatic N) is 3. The van der Waals surface area contributed by atoms with Crippen molar-refractivity contribution in [3.63, 3.8) is 0 Å². The minimum absolute atomic E-state index is 0.0846. The predicted molar refractivity (Wildman–Crippen MR) is 99.2 cm³/mol. The van der Waals surface area contributed by atoms with Gasteiger partial charge in [0.25, 0.3) is 5.56 Å². The van der Waals surface area contributed by atoms with E-state index in [1.807, 2.05) is 35.8 Å². The molecule has 0 radical (unpaired) electrons. The van der Waals surface area contributed by atoms with Crippen LogP contribution >= 0.6 is 0 Å². The SMILES string of the molecule is C[C@H](C(=O)NC[C@@H]1CCCO1)n1c2ccccc2c2cnn(C)c(=O)c21. The van der Waals surface area contributed by atoms with Crippen LogP contribution < -0.4 is 10.9 Å². The Morgan fingerprint density at radius 1 is 1.38 bits per heavy atom. The van der Waals surface area contributed by atoms with E-state index in [2.05, 4.69) is 10.4 Å². The Morgan fingerprint density at radius 2 is 2.19 bits per heavy atom. The lowest BCUT2D eigenvalue weighted by atomic mass is 10.2. The van der Waals surface area contributed by atoms with Crippen LogP contribution in [0.4, 0.5) is 0 Å². The molecule has 0 aliphatic carbocycles. The van der Waals surface area contributed by atoms with Crippen LogP contribution in [-0.2, 0) is 16.6 Å². The zero-order chi connectivity index (χ0) is 18.3. The van der Waals surface area contributed by atoms with E-state index in [-0.39, 0.29) is 17.6 Å². The molecular formula is C19H22N4O3. The molecule has 0 saturated carbocycles. The highest BCUT2D eigenvalue weighted by Crippen LogP contribution is 2.29. The Balaban J connectivity index is 1.77. The highest BCUT2D eigenvalue weighted by molar-refractivity contribution is 6.08. The van der Waals surface area contributed by atoms with E-state index < -0.39 is 6.04 Å². The zero-order valence-corrected chi connectivity index (χ0v) is 14.9. The molecule has 4 rings (SSSR count). The summed E-state index contributed by atoms with van der Waals surface area (Å²) in [5.41, 5.74) is 1.15. The van der Waals surface area contributed by atoms with Crippen LogP contribution in [0.2, 0.25) is 0 Å². The lowest BCUT2D eigenvalue weighted by molar-refractivity contribution is -0.124. The fourth-order valence-corrected chi connectivity index (χ4v) is 3.68. The van der Waals surface area contributed by atoms with Crippen LogP contribution in [0.1, 0.15) is 25.8 Å². The normalized spacial score (nSPS) is 18.5. The molecule has 7 nitrogen and oxygen atoms in total. The van der Waals surface area contributed by atoms with Crippen molar-refractivity contribution in [2.45, 2.75) is 31.9 Å². The van der Waals surface area contributed by atoms with Crippen molar-refractivity contribution < 1.29 is 9.53 Å². The van der Waals surface area contributed by atoms with E-state index >= 15 is 0 Å². The number of carbonyl (C=O) groups is 1. The Bertz CT molecular complexity index is 1030. The largest absolute Gasteiger partial charge is 0.376 e. The number of carbonyl (C=O) groups excluding carboxylic acids is 1. The number of nitrogens with one attached hydrogen (secondary N) is 1. The number of hydrogen-bond donors (Lipinski definition) is 1. The van der Waals surface area contributed by atoms with Crippen LogP contribution in [-0.4, -0.2) is 39.5 Å². The summed E-state index contributed by atoms with van der Waals surface area (Å²) in [6.07, 6.45) is 3.77. The van der Waals surface area contributed by atoms with E-state index in [9.17, 15) is 9.59 Å². The van der Waals surface area contributed by atoms with Gasteiger partial charge in [0, 0.05) is 31.0 Å². The molecule has 7 heteroatoms. The first-order valence-electron chi connectivity index (χ1n) is 8.92. The summed E-state index contributed by atoms with van der Waals surface area (Å²) in [6, 6.07) is 7.19. The fraction of sp³-hybridized carbons (Fsp3) is 0.421. The Morgan fingerprint density at radius 3 is 2.96 bits per heavy atom.